The zero-order chi connectivity index (χ0) is 16.1. The molecule has 0 radical (unpaired) electrons. The van der Waals surface area contributed by atoms with E-state index >= 15 is 0 Å². The topological polar surface area (TPSA) is 66.5 Å². The van der Waals surface area contributed by atoms with Crippen LogP contribution < -0.4 is 15.5 Å². The molecule has 0 saturated carbocycles. The Balaban J connectivity index is 1.67. The minimum atomic E-state index is 0.0533. The normalized spacial score (nSPS) is 15.1. The molecule has 124 valence electrons. The Morgan fingerprint density at radius 2 is 2.22 bits per heavy atom. The van der Waals surface area contributed by atoms with E-state index in [9.17, 15) is 4.79 Å². The Labute approximate surface area is 139 Å². The van der Waals surface area contributed by atoms with E-state index in [0.717, 1.165) is 60.3 Å². The van der Waals surface area contributed by atoms with E-state index < -0.39 is 0 Å². The van der Waals surface area contributed by atoms with Crippen molar-refractivity contribution < 1.29 is 9.53 Å². The van der Waals surface area contributed by atoms with Gasteiger partial charge in [-0.05, 0) is 38.2 Å². The van der Waals surface area contributed by atoms with E-state index in [4.69, 9.17) is 4.74 Å². The van der Waals surface area contributed by atoms with Crippen LogP contribution in [0.4, 0.5) is 10.8 Å². The third-order valence-corrected chi connectivity index (χ3v) is 4.85. The van der Waals surface area contributed by atoms with Gasteiger partial charge >= 0.3 is 0 Å². The molecule has 2 aromatic rings. The third kappa shape index (κ3) is 4.19. The van der Waals surface area contributed by atoms with Gasteiger partial charge in [0.2, 0.25) is 5.91 Å². The number of ether oxygens (including phenoxy) is 1. The summed E-state index contributed by atoms with van der Waals surface area (Å²) in [5.74, 6) is 0.0533. The smallest absolute Gasteiger partial charge is 0.224 e. The molecule has 0 unspecified atom stereocenters. The van der Waals surface area contributed by atoms with E-state index in [2.05, 4.69) is 20.5 Å². The lowest BCUT2D eigenvalue weighted by molar-refractivity contribution is -0.116. The van der Waals surface area contributed by atoms with Crippen molar-refractivity contribution in [3.05, 3.63) is 18.2 Å². The van der Waals surface area contributed by atoms with Gasteiger partial charge in [-0.15, -0.1) is 0 Å². The number of thiazole rings is 1. The largest absolute Gasteiger partial charge is 0.378 e. The van der Waals surface area contributed by atoms with Gasteiger partial charge in [0.15, 0.2) is 5.13 Å². The Morgan fingerprint density at radius 1 is 1.39 bits per heavy atom. The van der Waals surface area contributed by atoms with Crippen LogP contribution in [0, 0.1) is 0 Å². The quantitative estimate of drug-likeness (QED) is 0.792. The number of amides is 1. The SMILES string of the molecule is CNCCCC(=O)Nc1ccc2nc(N3CCOCC3)sc2c1. The molecule has 1 aliphatic heterocycles. The maximum absolute atomic E-state index is 11.9. The van der Waals surface area contributed by atoms with Crippen molar-refractivity contribution in [2.24, 2.45) is 0 Å². The summed E-state index contributed by atoms with van der Waals surface area (Å²) in [4.78, 5) is 18.8. The number of nitrogens with zero attached hydrogens (tertiary/aromatic N) is 2. The van der Waals surface area contributed by atoms with Crippen LogP contribution in [0.25, 0.3) is 10.2 Å². The van der Waals surface area contributed by atoms with Gasteiger partial charge in [0.05, 0.1) is 23.4 Å². The third-order valence-electron chi connectivity index (χ3n) is 3.77. The van der Waals surface area contributed by atoms with Crippen molar-refractivity contribution in [1.82, 2.24) is 10.3 Å². The molecule has 1 aromatic heterocycles. The van der Waals surface area contributed by atoms with Gasteiger partial charge < -0.3 is 20.3 Å². The number of rotatable bonds is 6. The fourth-order valence-electron chi connectivity index (χ4n) is 2.53. The van der Waals surface area contributed by atoms with Crippen LogP contribution in [0.1, 0.15) is 12.8 Å². The first-order valence-electron chi connectivity index (χ1n) is 7.94. The summed E-state index contributed by atoms with van der Waals surface area (Å²) < 4.78 is 6.48. The molecule has 1 saturated heterocycles. The van der Waals surface area contributed by atoms with Gasteiger partial charge in [0.25, 0.3) is 0 Å². The van der Waals surface area contributed by atoms with Gasteiger partial charge in [0, 0.05) is 25.2 Å². The number of nitrogens with one attached hydrogen (secondary N) is 2. The molecule has 1 aromatic carbocycles. The van der Waals surface area contributed by atoms with Crippen molar-refractivity contribution in [2.45, 2.75) is 12.8 Å². The molecule has 0 spiro atoms. The summed E-state index contributed by atoms with van der Waals surface area (Å²) in [7, 11) is 1.89. The number of hydrogen-bond donors (Lipinski definition) is 2. The van der Waals surface area contributed by atoms with Gasteiger partial charge in [-0.2, -0.15) is 0 Å². The lowest BCUT2D eigenvalue weighted by atomic mass is 10.2. The maximum atomic E-state index is 11.9. The molecule has 1 amide bonds. The number of aromatic nitrogens is 1. The van der Waals surface area contributed by atoms with Crippen molar-refractivity contribution in [3.63, 3.8) is 0 Å². The van der Waals surface area contributed by atoms with Gasteiger partial charge in [0.1, 0.15) is 0 Å². The highest BCUT2D eigenvalue weighted by Gasteiger charge is 2.15. The van der Waals surface area contributed by atoms with Crippen molar-refractivity contribution in [2.75, 3.05) is 50.1 Å². The minimum absolute atomic E-state index is 0.0533. The average molecular weight is 334 g/mol. The molecule has 1 fully saturated rings. The number of carbonyl (C=O) groups is 1. The molecule has 2 heterocycles. The standard InChI is InChI=1S/C16H22N4O2S/c1-17-6-2-3-15(21)18-12-4-5-13-14(11-12)23-16(19-13)20-7-9-22-10-8-20/h4-5,11,17H,2-3,6-10H2,1H3,(H,18,21). The maximum Gasteiger partial charge on any atom is 0.224 e. The Morgan fingerprint density at radius 3 is 3.00 bits per heavy atom. The average Bonchev–Trinajstić information content (AvgIpc) is 2.99. The van der Waals surface area contributed by atoms with E-state index in [-0.39, 0.29) is 5.91 Å². The fraction of sp³-hybridized carbons (Fsp3) is 0.500. The molecule has 7 heteroatoms. The zero-order valence-corrected chi connectivity index (χ0v) is 14.1. The summed E-state index contributed by atoms with van der Waals surface area (Å²) in [6.07, 6.45) is 1.37. The highest BCUT2D eigenvalue weighted by Crippen LogP contribution is 2.31. The number of hydrogen-bond acceptors (Lipinski definition) is 6. The molecule has 1 aliphatic rings. The van der Waals surface area contributed by atoms with Crippen LogP contribution >= 0.6 is 11.3 Å². The highest BCUT2D eigenvalue weighted by atomic mass is 32.1. The molecular weight excluding hydrogens is 312 g/mol. The Bertz CT molecular complexity index is 667. The molecule has 23 heavy (non-hydrogen) atoms. The summed E-state index contributed by atoms with van der Waals surface area (Å²) >= 11 is 1.66. The number of fused-ring (bicyclic) bond motifs is 1. The molecule has 3 rings (SSSR count). The number of anilines is 2. The Hall–Kier alpha value is -1.70. The molecule has 0 aliphatic carbocycles. The number of benzene rings is 1. The van der Waals surface area contributed by atoms with Gasteiger partial charge in [-0.1, -0.05) is 11.3 Å². The first-order chi connectivity index (χ1) is 11.3. The summed E-state index contributed by atoms with van der Waals surface area (Å²) in [6.45, 7) is 4.13. The van der Waals surface area contributed by atoms with Crippen LogP contribution in [0.2, 0.25) is 0 Å². The summed E-state index contributed by atoms with van der Waals surface area (Å²) in [6, 6.07) is 5.90. The first-order valence-corrected chi connectivity index (χ1v) is 8.75. The van der Waals surface area contributed by atoms with Gasteiger partial charge in [-0.3, -0.25) is 4.79 Å². The summed E-state index contributed by atoms with van der Waals surface area (Å²) in [5.41, 5.74) is 1.81. The van der Waals surface area contributed by atoms with Crippen LogP contribution in [-0.2, 0) is 9.53 Å². The van der Waals surface area contributed by atoms with Crippen molar-refractivity contribution in [1.29, 1.82) is 0 Å². The van der Waals surface area contributed by atoms with E-state index in [1.165, 1.54) is 0 Å². The van der Waals surface area contributed by atoms with Crippen molar-refractivity contribution in [3.8, 4) is 0 Å². The van der Waals surface area contributed by atoms with Crippen LogP contribution in [-0.4, -0.2) is 50.8 Å². The minimum Gasteiger partial charge on any atom is -0.378 e. The zero-order valence-electron chi connectivity index (χ0n) is 13.3. The first kappa shape index (κ1) is 16.2. The highest BCUT2D eigenvalue weighted by molar-refractivity contribution is 7.22. The monoisotopic (exact) mass is 334 g/mol. The van der Waals surface area contributed by atoms with Crippen molar-refractivity contribution >= 4 is 38.3 Å². The number of carbonyl (C=O) groups excluding carboxylic acids is 1. The fourth-order valence-corrected chi connectivity index (χ4v) is 3.59. The van der Waals surface area contributed by atoms with E-state index in [1.807, 2.05) is 25.2 Å². The Kier molecular flexibility index (Phi) is 5.43. The summed E-state index contributed by atoms with van der Waals surface area (Å²) in [5, 5.41) is 7.03. The van der Waals surface area contributed by atoms with Gasteiger partial charge in [-0.25, -0.2) is 4.98 Å². The van der Waals surface area contributed by atoms with E-state index in [0.29, 0.717) is 6.42 Å². The molecule has 0 atom stereocenters. The van der Waals surface area contributed by atoms with Crippen LogP contribution in [0.3, 0.4) is 0 Å². The predicted octanol–water partition coefficient (Wildman–Crippen LogP) is 2.07. The lowest BCUT2D eigenvalue weighted by Crippen LogP contribution is -2.36. The molecular formula is C16H22N4O2S. The second kappa shape index (κ2) is 7.72. The number of morpholine rings is 1. The second-order valence-electron chi connectivity index (χ2n) is 5.53. The van der Waals surface area contributed by atoms with Crippen LogP contribution in [0.15, 0.2) is 18.2 Å². The second-order valence-corrected chi connectivity index (χ2v) is 6.54. The van der Waals surface area contributed by atoms with Crippen LogP contribution in [0.5, 0.6) is 0 Å². The predicted molar refractivity (Wildman–Crippen MR) is 94.4 cm³/mol. The molecule has 2 N–H and O–H groups in total. The van der Waals surface area contributed by atoms with E-state index in [1.54, 1.807) is 11.3 Å². The lowest BCUT2D eigenvalue weighted by Gasteiger charge is -2.25. The molecule has 6 nitrogen and oxygen atoms in total. The molecule has 0 bridgehead atoms.